The summed E-state index contributed by atoms with van der Waals surface area (Å²) in [5, 5.41) is 1.15. The maximum absolute atomic E-state index is 10.9. The Labute approximate surface area is 98.7 Å². The number of imidazole rings is 1. The Morgan fingerprint density at radius 2 is 2.06 bits per heavy atom. The number of aldehydes is 1. The summed E-state index contributed by atoms with van der Waals surface area (Å²) in [5.41, 5.74) is 4.81. The Kier molecular flexibility index (Phi) is 2.01. The first-order valence-electron chi connectivity index (χ1n) is 5.53. The number of rotatable bonds is 1. The van der Waals surface area contributed by atoms with Gasteiger partial charge in [0.25, 0.3) is 0 Å². The van der Waals surface area contributed by atoms with Gasteiger partial charge in [0.1, 0.15) is 11.9 Å². The van der Waals surface area contributed by atoms with Crippen LogP contribution in [0.15, 0.2) is 30.5 Å². The largest absolute Gasteiger partial charge is 0.299 e. The zero-order chi connectivity index (χ0) is 12.0. The lowest BCUT2D eigenvalue weighted by molar-refractivity contribution is 0.112. The molecular weight excluding hydrogens is 212 g/mol. The summed E-state index contributed by atoms with van der Waals surface area (Å²) < 4.78 is 2.03. The van der Waals surface area contributed by atoms with Crippen molar-refractivity contribution in [3.05, 3.63) is 47.3 Å². The molecule has 84 valence electrons. The Morgan fingerprint density at radius 1 is 1.24 bits per heavy atom. The van der Waals surface area contributed by atoms with E-state index < -0.39 is 0 Å². The summed E-state index contributed by atoms with van der Waals surface area (Å²) in [7, 11) is 0. The highest BCUT2D eigenvalue weighted by Crippen LogP contribution is 2.22. The second-order valence-corrected chi connectivity index (χ2v) is 4.33. The van der Waals surface area contributed by atoms with E-state index in [1.807, 2.05) is 35.7 Å². The van der Waals surface area contributed by atoms with Gasteiger partial charge in [-0.25, -0.2) is 4.98 Å². The van der Waals surface area contributed by atoms with Crippen LogP contribution >= 0.6 is 0 Å². The third-order valence-electron chi connectivity index (χ3n) is 3.04. The summed E-state index contributed by atoms with van der Waals surface area (Å²) in [6.45, 7) is 4.03. The normalized spacial score (nSPS) is 11.2. The number of benzene rings is 1. The molecule has 3 aromatic rings. The second kappa shape index (κ2) is 3.42. The van der Waals surface area contributed by atoms with Crippen molar-refractivity contribution in [2.75, 3.05) is 0 Å². The average Bonchev–Trinajstić information content (AvgIpc) is 2.69. The van der Waals surface area contributed by atoms with Crippen LogP contribution in [0.4, 0.5) is 0 Å². The summed E-state index contributed by atoms with van der Waals surface area (Å²) in [5.74, 6) is 0. The smallest absolute Gasteiger partial charge is 0.150 e. The van der Waals surface area contributed by atoms with Gasteiger partial charge in [0.05, 0.1) is 11.2 Å². The van der Waals surface area contributed by atoms with Crippen LogP contribution in [-0.2, 0) is 0 Å². The third-order valence-corrected chi connectivity index (χ3v) is 3.04. The number of aryl methyl sites for hydroxylation is 2. The van der Waals surface area contributed by atoms with Crippen molar-refractivity contribution in [2.24, 2.45) is 0 Å². The minimum atomic E-state index is 0.691. The second-order valence-electron chi connectivity index (χ2n) is 4.33. The van der Waals surface area contributed by atoms with Crippen molar-refractivity contribution >= 4 is 22.8 Å². The van der Waals surface area contributed by atoms with Gasteiger partial charge in [-0.1, -0.05) is 12.1 Å². The Bertz CT molecular complexity index is 741. The molecule has 3 nitrogen and oxygen atoms in total. The van der Waals surface area contributed by atoms with Gasteiger partial charge in [-0.3, -0.25) is 9.20 Å². The molecule has 0 bridgehead atoms. The van der Waals surface area contributed by atoms with Gasteiger partial charge in [0.15, 0.2) is 0 Å². The van der Waals surface area contributed by atoms with E-state index in [4.69, 9.17) is 0 Å². The van der Waals surface area contributed by atoms with E-state index in [0.717, 1.165) is 28.5 Å². The summed E-state index contributed by atoms with van der Waals surface area (Å²) in [6.07, 6.45) is 2.86. The molecule has 2 aromatic heterocycles. The van der Waals surface area contributed by atoms with Gasteiger partial charge in [0.2, 0.25) is 0 Å². The minimum absolute atomic E-state index is 0.691. The molecule has 17 heavy (non-hydrogen) atoms. The first kappa shape index (κ1) is 10.0. The molecule has 3 rings (SSSR count). The molecule has 2 heterocycles. The molecule has 0 saturated carbocycles. The van der Waals surface area contributed by atoms with Crippen molar-refractivity contribution in [1.82, 2.24) is 9.38 Å². The molecule has 0 spiro atoms. The van der Waals surface area contributed by atoms with Gasteiger partial charge in [-0.05, 0) is 31.5 Å². The number of carbonyl (C=O) groups excluding carboxylic acids is 1. The number of carbonyl (C=O) groups is 1. The Balaban J connectivity index is 2.55. The fraction of sp³-hybridized carbons (Fsp3) is 0.143. The topological polar surface area (TPSA) is 34.4 Å². The maximum atomic E-state index is 10.9. The summed E-state index contributed by atoms with van der Waals surface area (Å²) in [4.78, 5) is 15.3. The lowest BCUT2D eigenvalue weighted by Crippen LogP contribution is -1.91. The predicted octanol–water partition coefficient (Wildman–Crippen LogP) is 2.92. The van der Waals surface area contributed by atoms with Gasteiger partial charge >= 0.3 is 0 Å². The van der Waals surface area contributed by atoms with Crippen LogP contribution in [0.5, 0.6) is 0 Å². The zero-order valence-corrected chi connectivity index (χ0v) is 9.77. The molecule has 0 N–H and O–H groups in total. The summed E-state index contributed by atoms with van der Waals surface area (Å²) in [6, 6.07) is 7.81. The van der Waals surface area contributed by atoms with E-state index in [9.17, 15) is 4.79 Å². The fourth-order valence-corrected chi connectivity index (χ4v) is 2.24. The van der Waals surface area contributed by atoms with Crippen LogP contribution < -0.4 is 0 Å². The number of aromatic nitrogens is 2. The quantitative estimate of drug-likeness (QED) is 0.595. The number of fused-ring (bicyclic) bond motifs is 3. The van der Waals surface area contributed by atoms with E-state index in [0.29, 0.717) is 5.56 Å². The van der Waals surface area contributed by atoms with E-state index in [2.05, 4.69) is 18.0 Å². The Hall–Kier alpha value is -2.16. The van der Waals surface area contributed by atoms with Crippen molar-refractivity contribution in [3.63, 3.8) is 0 Å². The molecular formula is C14H12N2O. The zero-order valence-electron chi connectivity index (χ0n) is 9.77. The Morgan fingerprint density at radius 3 is 2.82 bits per heavy atom. The molecule has 0 atom stereocenters. The highest BCUT2D eigenvalue weighted by Gasteiger charge is 2.06. The van der Waals surface area contributed by atoms with E-state index in [-0.39, 0.29) is 0 Å². The molecule has 0 aliphatic rings. The van der Waals surface area contributed by atoms with Crippen LogP contribution in [0.2, 0.25) is 0 Å². The SMILES string of the molecule is Cc1cn2c(cc(C)c3ccc(C=O)cc32)n1. The van der Waals surface area contributed by atoms with Gasteiger partial charge in [0, 0.05) is 17.1 Å². The van der Waals surface area contributed by atoms with Crippen LogP contribution in [0.3, 0.4) is 0 Å². The van der Waals surface area contributed by atoms with E-state index >= 15 is 0 Å². The standard InChI is InChI=1S/C14H12N2O/c1-9-5-14-15-10(2)7-16(14)13-6-11(8-17)3-4-12(9)13/h3-8H,1-2H3. The third kappa shape index (κ3) is 1.43. The lowest BCUT2D eigenvalue weighted by Gasteiger charge is -2.06. The molecule has 1 aromatic carbocycles. The van der Waals surface area contributed by atoms with Gasteiger partial charge < -0.3 is 0 Å². The number of nitrogens with zero attached hydrogens (tertiary/aromatic N) is 2. The summed E-state index contributed by atoms with van der Waals surface area (Å²) >= 11 is 0. The minimum Gasteiger partial charge on any atom is -0.299 e. The number of hydrogen-bond acceptors (Lipinski definition) is 2. The van der Waals surface area contributed by atoms with Crippen molar-refractivity contribution < 1.29 is 4.79 Å². The molecule has 3 heteroatoms. The molecule has 0 amide bonds. The fourth-order valence-electron chi connectivity index (χ4n) is 2.24. The van der Waals surface area contributed by atoms with E-state index in [1.165, 1.54) is 5.56 Å². The van der Waals surface area contributed by atoms with Crippen molar-refractivity contribution in [3.8, 4) is 0 Å². The van der Waals surface area contributed by atoms with Crippen LogP contribution in [0.1, 0.15) is 21.6 Å². The average molecular weight is 224 g/mol. The molecule has 0 aliphatic carbocycles. The van der Waals surface area contributed by atoms with Crippen LogP contribution in [-0.4, -0.2) is 15.7 Å². The lowest BCUT2D eigenvalue weighted by atomic mass is 10.1. The van der Waals surface area contributed by atoms with E-state index in [1.54, 1.807) is 0 Å². The predicted molar refractivity (Wildman–Crippen MR) is 67.6 cm³/mol. The monoisotopic (exact) mass is 224 g/mol. The molecule has 0 unspecified atom stereocenters. The molecule has 0 fully saturated rings. The highest BCUT2D eigenvalue weighted by molar-refractivity contribution is 5.90. The highest BCUT2D eigenvalue weighted by atomic mass is 16.1. The first-order chi connectivity index (χ1) is 8.19. The van der Waals surface area contributed by atoms with Gasteiger partial charge in [-0.15, -0.1) is 0 Å². The number of hydrogen-bond donors (Lipinski definition) is 0. The maximum Gasteiger partial charge on any atom is 0.150 e. The molecule has 0 saturated heterocycles. The first-order valence-corrected chi connectivity index (χ1v) is 5.53. The number of pyridine rings is 1. The van der Waals surface area contributed by atoms with Crippen molar-refractivity contribution in [1.29, 1.82) is 0 Å². The molecule has 0 radical (unpaired) electrons. The van der Waals surface area contributed by atoms with Crippen LogP contribution in [0.25, 0.3) is 16.6 Å². The van der Waals surface area contributed by atoms with Crippen LogP contribution in [0, 0.1) is 13.8 Å². The molecule has 0 aliphatic heterocycles. The van der Waals surface area contributed by atoms with Gasteiger partial charge in [-0.2, -0.15) is 0 Å². The van der Waals surface area contributed by atoms with Crippen molar-refractivity contribution in [2.45, 2.75) is 13.8 Å².